The molecule has 0 unspecified atom stereocenters. The summed E-state index contributed by atoms with van der Waals surface area (Å²) in [5.41, 5.74) is 2.78. The molecule has 5 rings (SSSR count). The molecule has 0 fully saturated rings. The van der Waals surface area contributed by atoms with Crippen molar-refractivity contribution in [2.45, 2.75) is 26.5 Å². The summed E-state index contributed by atoms with van der Waals surface area (Å²) < 4.78 is 24.4. The highest BCUT2D eigenvalue weighted by atomic mass is 35.5. The fourth-order valence-corrected chi connectivity index (χ4v) is 6.04. The Morgan fingerprint density at radius 1 is 1.02 bits per heavy atom. The number of para-hydroxylation sites is 1. The number of methoxy groups -OCH3 is 2. The highest BCUT2D eigenvalue weighted by molar-refractivity contribution is 7.07. The number of aromatic nitrogens is 1. The summed E-state index contributed by atoms with van der Waals surface area (Å²) in [5, 5.41) is 0.631. The molecule has 42 heavy (non-hydrogen) atoms. The van der Waals surface area contributed by atoms with Gasteiger partial charge in [0.1, 0.15) is 12.4 Å². The predicted molar refractivity (Wildman–Crippen MR) is 162 cm³/mol. The lowest BCUT2D eigenvalue weighted by molar-refractivity contribution is -0.139. The molecule has 0 spiro atoms. The minimum Gasteiger partial charge on any atom is -0.493 e. The number of carbonyl (C=O) groups excluding carboxylic acids is 1. The van der Waals surface area contributed by atoms with Crippen LogP contribution >= 0.6 is 22.9 Å². The zero-order chi connectivity index (χ0) is 29.8. The van der Waals surface area contributed by atoms with Gasteiger partial charge in [0.15, 0.2) is 16.3 Å². The zero-order valence-electron chi connectivity index (χ0n) is 23.5. The van der Waals surface area contributed by atoms with E-state index in [0.29, 0.717) is 49.5 Å². The van der Waals surface area contributed by atoms with Gasteiger partial charge in [-0.2, -0.15) is 0 Å². The highest BCUT2D eigenvalue weighted by Gasteiger charge is 2.34. The van der Waals surface area contributed by atoms with Crippen molar-refractivity contribution < 1.29 is 23.7 Å². The van der Waals surface area contributed by atoms with Gasteiger partial charge in [-0.15, -0.1) is 0 Å². The standard InChI is InChI=1S/C32H29ClN2O6S/c1-5-40-31(37)28-19(2)34-32-35(29(28)22-13-14-25(38-3)26(16-22)39-4)30(36)27(42-32)17-21-10-6-7-12-24(21)41-18-20-9-8-11-23(33)15-20/h6-17,29H,5,18H2,1-4H3/b27-17-/t29-/m1/s1. The lowest BCUT2D eigenvalue weighted by Gasteiger charge is -2.25. The second-order valence-corrected chi connectivity index (χ2v) is 10.8. The molecule has 0 N–H and O–H groups in total. The van der Waals surface area contributed by atoms with Crippen molar-refractivity contribution in [1.82, 2.24) is 4.57 Å². The number of ether oxygens (including phenoxy) is 4. The van der Waals surface area contributed by atoms with Crippen molar-refractivity contribution in [3.05, 3.63) is 119 Å². The van der Waals surface area contributed by atoms with Gasteiger partial charge in [-0.1, -0.05) is 59.3 Å². The number of hydrogen-bond donors (Lipinski definition) is 0. The van der Waals surface area contributed by atoms with E-state index in [2.05, 4.69) is 4.99 Å². The molecule has 0 saturated heterocycles. The summed E-state index contributed by atoms with van der Waals surface area (Å²) in [4.78, 5) is 32.4. The fraction of sp³-hybridized carbons (Fsp3) is 0.219. The summed E-state index contributed by atoms with van der Waals surface area (Å²) in [6, 6.07) is 19.5. The number of thiazole rings is 1. The van der Waals surface area contributed by atoms with E-state index in [1.807, 2.05) is 48.5 Å². The Kier molecular flexibility index (Phi) is 8.80. The van der Waals surface area contributed by atoms with Gasteiger partial charge in [0.2, 0.25) is 0 Å². The van der Waals surface area contributed by atoms with Crippen molar-refractivity contribution in [2.75, 3.05) is 20.8 Å². The molecule has 0 aliphatic carbocycles. The molecule has 10 heteroatoms. The van der Waals surface area contributed by atoms with Crippen LogP contribution in [-0.4, -0.2) is 31.4 Å². The van der Waals surface area contributed by atoms with Gasteiger partial charge in [0, 0.05) is 10.6 Å². The van der Waals surface area contributed by atoms with Crippen LogP contribution < -0.4 is 29.1 Å². The maximum atomic E-state index is 14.0. The van der Waals surface area contributed by atoms with Crippen LogP contribution in [0.3, 0.4) is 0 Å². The van der Waals surface area contributed by atoms with Gasteiger partial charge < -0.3 is 18.9 Å². The Morgan fingerprint density at radius 3 is 2.55 bits per heavy atom. The highest BCUT2D eigenvalue weighted by Crippen LogP contribution is 2.36. The minimum atomic E-state index is -0.781. The quantitative estimate of drug-likeness (QED) is 0.249. The third-order valence-electron chi connectivity index (χ3n) is 6.73. The molecule has 0 amide bonds. The van der Waals surface area contributed by atoms with Crippen LogP contribution in [0, 0.1) is 0 Å². The number of carbonyl (C=O) groups is 1. The topological polar surface area (TPSA) is 88.4 Å². The molecular weight excluding hydrogens is 576 g/mol. The summed E-state index contributed by atoms with van der Waals surface area (Å²) in [5.74, 6) is 1.08. The Bertz CT molecular complexity index is 1860. The van der Waals surface area contributed by atoms with Crippen molar-refractivity contribution in [1.29, 1.82) is 0 Å². The first kappa shape index (κ1) is 29.2. The molecule has 216 valence electrons. The third kappa shape index (κ3) is 5.84. The van der Waals surface area contributed by atoms with Crippen LogP contribution in [0.4, 0.5) is 0 Å². The van der Waals surface area contributed by atoms with E-state index in [9.17, 15) is 9.59 Å². The number of allylic oxidation sites excluding steroid dienone is 1. The van der Waals surface area contributed by atoms with E-state index in [0.717, 1.165) is 11.1 Å². The first-order chi connectivity index (χ1) is 20.3. The number of esters is 1. The fourth-order valence-electron chi connectivity index (χ4n) is 4.79. The van der Waals surface area contributed by atoms with Gasteiger partial charge in [-0.25, -0.2) is 9.79 Å². The Hall–Kier alpha value is -4.34. The van der Waals surface area contributed by atoms with Crippen LogP contribution in [0.25, 0.3) is 6.08 Å². The predicted octanol–water partition coefficient (Wildman–Crippen LogP) is 5.05. The average Bonchev–Trinajstić information content (AvgIpc) is 3.29. The number of rotatable bonds is 9. The van der Waals surface area contributed by atoms with Crippen molar-refractivity contribution in [3.8, 4) is 17.2 Å². The smallest absolute Gasteiger partial charge is 0.338 e. The Morgan fingerprint density at radius 2 is 1.81 bits per heavy atom. The van der Waals surface area contributed by atoms with Crippen molar-refractivity contribution in [3.63, 3.8) is 0 Å². The van der Waals surface area contributed by atoms with Gasteiger partial charge in [0.05, 0.1) is 42.7 Å². The molecule has 1 aliphatic rings. The minimum absolute atomic E-state index is 0.185. The van der Waals surface area contributed by atoms with Gasteiger partial charge in [0.25, 0.3) is 5.56 Å². The van der Waals surface area contributed by atoms with Crippen molar-refractivity contribution >= 4 is 35.0 Å². The summed E-state index contributed by atoms with van der Waals surface area (Å²) >= 11 is 7.37. The number of benzene rings is 3. The first-order valence-corrected chi connectivity index (χ1v) is 14.4. The average molecular weight is 605 g/mol. The van der Waals surface area contributed by atoms with Crippen LogP contribution in [0.5, 0.6) is 17.2 Å². The molecule has 0 radical (unpaired) electrons. The van der Waals surface area contributed by atoms with Gasteiger partial charge in [-0.05, 0) is 61.4 Å². The van der Waals surface area contributed by atoms with E-state index in [1.54, 1.807) is 45.2 Å². The normalized spacial score (nSPS) is 14.7. The summed E-state index contributed by atoms with van der Waals surface area (Å²) in [6.07, 6.45) is 1.78. The molecule has 1 atom stereocenters. The monoisotopic (exact) mass is 604 g/mol. The second-order valence-electron chi connectivity index (χ2n) is 9.37. The largest absolute Gasteiger partial charge is 0.493 e. The van der Waals surface area contributed by atoms with E-state index < -0.39 is 12.0 Å². The van der Waals surface area contributed by atoms with Crippen LogP contribution in [0.15, 0.2) is 87.8 Å². The summed E-state index contributed by atoms with van der Waals surface area (Å²) in [7, 11) is 3.08. The lowest BCUT2D eigenvalue weighted by Crippen LogP contribution is -2.40. The van der Waals surface area contributed by atoms with Crippen molar-refractivity contribution in [2.24, 2.45) is 4.99 Å². The SMILES string of the molecule is CCOC(=O)C1=C(C)N=c2s/c(=C\c3ccccc3OCc3cccc(Cl)c3)c(=O)n2[C@@H]1c1ccc(OC)c(OC)c1. The maximum Gasteiger partial charge on any atom is 0.338 e. The lowest BCUT2D eigenvalue weighted by atomic mass is 9.95. The number of halogens is 1. The Balaban J connectivity index is 1.62. The molecule has 4 aromatic rings. The third-order valence-corrected chi connectivity index (χ3v) is 7.95. The van der Waals surface area contributed by atoms with E-state index in [-0.39, 0.29) is 17.7 Å². The molecule has 2 heterocycles. The zero-order valence-corrected chi connectivity index (χ0v) is 25.1. The van der Waals surface area contributed by atoms with Gasteiger partial charge in [-0.3, -0.25) is 9.36 Å². The summed E-state index contributed by atoms with van der Waals surface area (Å²) in [6.45, 7) is 3.98. The van der Waals surface area contributed by atoms with Gasteiger partial charge >= 0.3 is 5.97 Å². The van der Waals surface area contributed by atoms with Crippen LogP contribution in [-0.2, 0) is 16.1 Å². The Labute approximate surface area is 251 Å². The van der Waals surface area contributed by atoms with E-state index in [4.69, 9.17) is 30.5 Å². The number of fused-ring (bicyclic) bond motifs is 1. The van der Waals surface area contributed by atoms with Crippen LogP contribution in [0.2, 0.25) is 5.02 Å². The second kappa shape index (κ2) is 12.7. The molecule has 8 nitrogen and oxygen atoms in total. The molecule has 1 aliphatic heterocycles. The van der Waals surface area contributed by atoms with E-state index >= 15 is 0 Å². The van der Waals surface area contributed by atoms with E-state index in [1.165, 1.54) is 23.0 Å². The number of hydrogen-bond acceptors (Lipinski definition) is 8. The molecule has 1 aromatic heterocycles. The maximum absolute atomic E-state index is 14.0. The molecular formula is C32H29ClN2O6S. The molecule has 3 aromatic carbocycles. The van der Waals surface area contributed by atoms with Crippen LogP contribution in [0.1, 0.15) is 36.6 Å². The molecule has 0 saturated carbocycles. The number of nitrogens with zero attached hydrogens (tertiary/aromatic N) is 2. The molecule has 0 bridgehead atoms. The first-order valence-electron chi connectivity index (χ1n) is 13.2.